The maximum absolute atomic E-state index is 8.97. The summed E-state index contributed by atoms with van der Waals surface area (Å²) in [6.07, 6.45) is 2.99. The molecule has 0 bridgehead atoms. The van der Waals surface area contributed by atoms with Crippen LogP contribution in [0.15, 0.2) is 12.4 Å². The monoisotopic (exact) mass is 229 g/mol. The molecular formula is C10H16ClN3O. The number of halogens is 1. The molecule has 1 unspecified atom stereocenters. The summed E-state index contributed by atoms with van der Waals surface area (Å²) in [7, 11) is 0. The Morgan fingerprint density at radius 3 is 2.80 bits per heavy atom. The van der Waals surface area contributed by atoms with Gasteiger partial charge in [-0.3, -0.25) is 0 Å². The first-order valence-corrected chi connectivity index (χ1v) is 5.34. The van der Waals surface area contributed by atoms with Crippen LogP contribution in [0.25, 0.3) is 0 Å². The maximum atomic E-state index is 8.97. The molecule has 0 radical (unpaired) electrons. The summed E-state index contributed by atoms with van der Waals surface area (Å²) >= 11 is 5.75. The van der Waals surface area contributed by atoms with Gasteiger partial charge in [-0.2, -0.15) is 0 Å². The van der Waals surface area contributed by atoms with Crippen molar-refractivity contribution < 1.29 is 5.11 Å². The maximum Gasteiger partial charge on any atom is 0.134 e. The summed E-state index contributed by atoms with van der Waals surface area (Å²) < 4.78 is 0. The first kappa shape index (κ1) is 12.2. The lowest BCUT2D eigenvalue weighted by Gasteiger charge is -2.29. The van der Waals surface area contributed by atoms with Crippen LogP contribution >= 0.6 is 11.6 Å². The lowest BCUT2D eigenvalue weighted by molar-refractivity contribution is 0.252. The number of nitrogens with zero attached hydrogens (tertiary/aromatic N) is 2. The molecule has 1 atom stereocenters. The summed E-state index contributed by atoms with van der Waals surface area (Å²) in [4.78, 5) is 7.87. The molecule has 0 fully saturated rings. The van der Waals surface area contributed by atoms with E-state index in [2.05, 4.69) is 22.2 Å². The van der Waals surface area contributed by atoms with Gasteiger partial charge < -0.3 is 10.4 Å². The van der Waals surface area contributed by atoms with Gasteiger partial charge in [0.25, 0.3) is 0 Å². The zero-order valence-corrected chi connectivity index (χ0v) is 9.75. The zero-order chi connectivity index (χ0) is 11.3. The SMILES string of the molecule is CCC(C)(CCO)Nc1cc(Cl)ncn1. The number of hydrogen-bond donors (Lipinski definition) is 2. The Bertz CT molecular complexity index is 321. The normalized spacial score (nSPS) is 14.7. The Balaban J connectivity index is 2.74. The predicted octanol–water partition coefficient (Wildman–Crippen LogP) is 2.09. The molecule has 2 N–H and O–H groups in total. The van der Waals surface area contributed by atoms with Crippen molar-refractivity contribution in [1.29, 1.82) is 0 Å². The standard InChI is InChI=1S/C10H16ClN3O/c1-3-10(2,4-5-15)14-9-6-8(11)12-7-13-9/h6-7,15H,3-5H2,1-2H3,(H,12,13,14). The minimum Gasteiger partial charge on any atom is -0.396 e. The van der Waals surface area contributed by atoms with Crippen LogP contribution in [0.5, 0.6) is 0 Å². The van der Waals surface area contributed by atoms with Crippen molar-refractivity contribution in [1.82, 2.24) is 9.97 Å². The summed E-state index contributed by atoms with van der Waals surface area (Å²) in [5, 5.41) is 12.6. The van der Waals surface area contributed by atoms with Gasteiger partial charge in [0.05, 0.1) is 0 Å². The molecule has 0 aromatic carbocycles. The fraction of sp³-hybridized carbons (Fsp3) is 0.600. The molecule has 0 saturated carbocycles. The second-order valence-corrected chi connectivity index (χ2v) is 4.13. The molecule has 4 nitrogen and oxygen atoms in total. The Morgan fingerprint density at radius 2 is 2.27 bits per heavy atom. The fourth-order valence-electron chi connectivity index (χ4n) is 1.29. The Hall–Kier alpha value is -0.870. The number of hydrogen-bond acceptors (Lipinski definition) is 4. The number of aromatic nitrogens is 2. The lowest BCUT2D eigenvalue weighted by Crippen LogP contribution is -2.35. The molecule has 84 valence electrons. The van der Waals surface area contributed by atoms with E-state index >= 15 is 0 Å². The highest BCUT2D eigenvalue weighted by atomic mass is 35.5. The highest BCUT2D eigenvalue weighted by Crippen LogP contribution is 2.21. The molecule has 1 rings (SSSR count). The van der Waals surface area contributed by atoms with Crippen LogP contribution in [0, 0.1) is 0 Å². The third-order valence-electron chi connectivity index (χ3n) is 2.51. The zero-order valence-electron chi connectivity index (χ0n) is 9.00. The Labute approximate surface area is 94.7 Å². The first-order valence-electron chi connectivity index (χ1n) is 4.96. The van der Waals surface area contributed by atoms with Crippen LogP contribution in [-0.2, 0) is 0 Å². The van der Waals surface area contributed by atoms with E-state index in [4.69, 9.17) is 16.7 Å². The van der Waals surface area contributed by atoms with Gasteiger partial charge in [-0.15, -0.1) is 0 Å². The van der Waals surface area contributed by atoms with Gasteiger partial charge in [0.2, 0.25) is 0 Å². The largest absolute Gasteiger partial charge is 0.396 e. The fourth-order valence-corrected chi connectivity index (χ4v) is 1.43. The molecule has 0 aliphatic carbocycles. The van der Waals surface area contributed by atoms with E-state index in [0.717, 1.165) is 6.42 Å². The minimum absolute atomic E-state index is 0.149. The predicted molar refractivity (Wildman–Crippen MR) is 61.1 cm³/mol. The third-order valence-corrected chi connectivity index (χ3v) is 2.71. The van der Waals surface area contributed by atoms with Crippen LogP contribution in [0.3, 0.4) is 0 Å². The van der Waals surface area contributed by atoms with E-state index in [-0.39, 0.29) is 12.1 Å². The minimum atomic E-state index is -0.160. The van der Waals surface area contributed by atoms with Crippen molar-refractivity contribution in [2.75, 3.05) is 11.9 Å². The van der Waals surface area contributed by atoms with Gasteiger partial charge in [0.15, 0.2) is 0 Å². The van der Waals surface area contributed by atoms with E-state index in [1.54, 1.807) is 6.07 Å². The molecule has 1 aromatic heterocycles. The van der Waals surface area contributed by atoms with Crippen molar-refractivity contribution in [3.05, 3.63) is 17.5 Å². The van der Waals surface area contributed by atoms with E-state index < -0.39 is 0 Å². The van der Waals surface area contributed by atoms with Gasteiger partial charge in [-0.25, -0.2) is 9.97 Å². The molecule has 0 saturated heterocycles. The summed E-state index contributed by atoms with van der Waals surface area (Å²) in [5.74, 6) is 0.688. The van der Waals surface area contributed by atoms with E-state index in [9.17, 15) is 0 Å². The number of rotatable bonds is 5. The van der Waals surface area contributed by atoms with Crippen LogP contribution < -0.4 is 5.32 Å². The van der Waals surface area contributed by atoms with Gasteiger partial charge in [-0.1, -0.05) is 18.5 Å². The highest BCUT2D eigenvalue weighted by Gasteiger charge is 2.21. The quantitative estimate of drug-likeness (QED) is 0.760. The molecule has 0 amide bonds. The smallest absolute Gasteiger partial charge is 0.134 e. The van der Waals surface area contributed by atoms with E-state index in [1.807, 2.05) is 6.92 Å². The van der Waals surface area contributed by atoms with Crippen molar-refractivity contribution in [2.45, 2.75) is 32.2 Å². The third kappa shape index (κ3) is 3.64. The van der Waals surface area contributed by atoms with E-state index in [1.165, 1.54) is 6.33 Å². The number of nitrogens with one attached hydrogen (secondary N) is 1. The molecule has 0 spiro atoms. The summed E-state index contributed by atoms with van der Waals surface area (Å²) in [6.45, 7) is 4.25. The number of anilines is 1. The molecule has 15 heavy (non-hydrogen) atoms. The average molecular weight is 230 g/mol. The van der Waals surface area contributed by atoms with Crippen molar-refractivity contribution >= 4 is 17.4 Å². The second kappa shape index (κ2) is 5.28. The van der Waals surface area contributed by atoms with Gasteiger partial charge >= 0.3 is 0 Å². The van der Waals surface area contributed by atoms with Crippen LogP contribution in [0.1, 0.15) is 26.7 Å². The second-order valence-electron chi connectivity index (χ2n) is 3.74. The Kier molecular flexibility index (Phi) is 4.29. The molecule has 0 aliphatic heterocycles. The van der Waals surface area contributed by atoms with Gasteiger partial charge in [0, 0.05) is 18.2 Å². The van der Waals surface area contributed by atoms with Crippen molar-refractivity contribution in [3.63, 3.8) is 0 Å². The highest BCUT2D eigenvalue weighted by molar-refractivity contribution is 6.29. The molecular weight excluding hydrogens is 214 g/mol. The average Bonchev–Trinajstić information content (AvgIpc) is 2.18. The van der Waals surface area contributed by atoms with Gasteiger partial charge in [-0.05, 0) is 19.8 Å². The molecule has 5 heteroatoms. The number of aliphatic hydroxyl groups is 1. The Morgan fingerprint density at radius 1 is 1.53 bits per heavy atom. The van der Waals surface area contributed by atoms with Crippen LogP contribution in [0.4, 0.5) is 5.82 Å². The summed E-state index contributed by atoms with van der Waals surface area (Å²) in [5.41, 5.74) is -0.160. The lowest BCUT2D eigenvalue weighted by atomic mass is 9.95. The molecule has 1 aromatic rings. The summed E-state index contributed by atoms with van der Waals surface area (Å²) in [6, 6.07) is 1.67. The first-order chi connectivity index (χ1) is 7.09. The van der Waals surface area contributed by atoms with Crippen molar-refractivity contribution in [3.8, 4) is 0 Å². The topological polar surface area (TPSA) is 58.0 Å². The van der Waals surface area contributed by atoms with Crippen LogP contribution in [-0.4, -0.2) is 27.2 Å². The molecule has 0 aliphatic rings. The van der Waals surface area contributed by atoms with Crippen molar-refractivity contribution in [2.24, 2.45) is 0 Å². The van der Waals surface area contributed by atoms with Gasteiger partial charge in [0.1, 0.15) is 17.3 Å². The van der Waals surface area contributed by atoms with Crippen LogP contribution in [0.2, 0.25) is 5.15 Å². The number of aliphatic hydroxyl groups excluding tert-OH is 1. The van der Waals surface area contributed by atoms with E-state index in [0.29, 0.717) is 17.4 Å². The molecule has 1 heterocycles.